The van der Waals surface area contributed by atoms with E-state index in [1.807, 2.05) is 6.07 Å². The van der Waals surface area contributed by atoms with Gasteiger partial charge in [-0.1, -0.05) is 18.7 Å². The van der Waals surface area contributed by atoms with Crippen LogP contribution in [0.3, 0.4) is 0 Å². The molecule has 1 aromatic carbocycles. The number of ether oxygens (including phenoxy) is 1. The lowest BCUT2D eigenvalue weighted by atomic mass is 10.1. The lowest BCUT2D eigenvalue weighted by molar-refractivity contribution is 0.371. The van der Waals surface area contributed by atoms with Gasteiger partial charge in [-0.15, -0.1) is 0 Å². The summed E-state index contributed by atoms with van der Waals surface area (Å²) in [5.74, 6) is 0.720. The minimum Gasteiger partial charge on any atom is -0.497 e. The van der Waals surface area contributed by atoms with Gasteiger partial charge in [-0.25, -0.2) is 0 Å². The molecule has 0 atom stereocenters. The maximum Gasteiger partial charge on any atom is 0.118 e. The highest BCUT2D eigenvalue weighted by atomic mass is 16.5. The summed E-state index contributed by atoms with van der Waals surface area (Å²) >= 11 is 0. The summed E-state index contributed by atoms with van der Waals surface area (Å²) in [5, 5.41) is 0. The van der Waals surface area contributed by atoms with Crippen LogP contribution >= 0.6 is 0 Å². The number of hydrogen-bond donors (Lipinski definition) is 0. The van der Waals surface area contributed by atoms with Crippen molar-refractivity contribution in [3.63, 3.8) is 0 Å². The zero-order chi connectivity index (χ0) is 9.14. The normalized spacial score (nSPS) is 9.58. The summed E-state index contributed by atoms with van der Waals surface area (Å²) in [7, 11) is 1.64. The number of aryl methyl sites for hydroxylation is 2. The lowest BCUT2D eigenvalue weighted by Gasteiger charge is -2.06. The Morgan fingerprint density at radius 1 is 1.25 bits per heavy atom. The quantitative estimate of drug-likeness (QED) is 0.607. The van der Waals surface area contributed by atoms with E-state index < -0.39 is 0 Å². The molecular weight excluding hydrogens is 148 g/mol. The highest BCUT2D eigenvalue weighted by molar-refractivity contribution is 5.58. The molecule has 0 aliphatic heterocycles. The van der Waals surface area contributed by atoms with E-state index >= 15 is 0 Å². The van der Waals surface area contributed by atoms with Gasteiger partial charge in [0.25, 0.3) is 0 Å². The molecule has 0 aliphatic rings. The van der Waals surface area contributed by atoms with Crippen molar-refractivity contribution in [2.45, 2.75) is 13.8 Å². The predicted octanol–water partition coefficient (Wildman–Crippen LogP) is 2.92. The molecule has 1 aromatic rings. The molecule has 12 heavy (non-hydrogen) atoms. The van der Waals surface area contributed by atoms with Crippen molar-refractivity contribution >= 4 is 5.76 Å². The topological polar surface area (TPSA) is 9.23 Å². The first-order chi connectivity index (χ1) is 5.65. The van der Waals surface area contributed by atoms with Crippen molar-refractivity contribution in [2.24, 2.45) is 0 Å². The van der Waals surface area contributed by atoms with Crippen molar-refractivity contribution in [2.75, 3.05) is 7.11 Å². The second kappa shape index (κ2) is 3.44. The predicted molar refractivity (Wildman–Crippen MR) is 52.0 cm³/mol. The standard InChI is InChI=1S/C11H14O/c1-8-5-6-11(7-9(8)2)10(3)12-4/h5-7H,3H2,1-2,4H3. The molecule has 0 unspecified atom stereocenters. The van der Waals surface area contributed by atoms with Gasteiger partial charge in [-0.2, -0.15) is 0 Å². The lowest BCUT2D eigenvalue weighted by Crippen LogP contribution is -1.88. The van der Waals surface area contributed by atoms with E-state index in [-0.39, 0.29) is 0 Å². The number of rotatable bonds is 2. The van der Waals surface area contributed by atoms with Crippen molar-refractivity contribution in [1.82, 2.24) is 0 Å². The Bertz CT molecular complexity index is 300. The molecule has 0 radical (unpaired) electrons. The van der Waals surface area contributed by atoms with Crippen LogP contribution in [0.15, 0.2) is 24.8 Å². The summed E-state index contributed by atoms with van der Waals surface area (Å²) in [6.45, 7) is 7.97. The zero-order valence-electron chi connectivity index (χ0n) is 7.85. The molecule has 1 heteroatoms. The Kier molecular flexibility index (Phi) is 2.54. The molecule has 0 heterocycles. The van der Waals surface area contributed by atoms with Gasteiger partial charge in [0, 0.05) is 5.56 Å². The molecule has 0 spiro atoms. The average Bonchev–Trinajstić information content (AvgIpc) is 2.08. The van der Waals surface area contributed by atoms with Crippen LogP contribution in [-0.2, 0) is 4.74 Å². The maximum absolute atomic E-state index is 5.04. The Hall–Kier alpha value is -1.24. The smallest absolute Gasteiger partial charge is 0.118 e. The van der Waals surface area contributed by atoms with Crippen molar-refractivity contribution in [3.8, 4) is 0 Å². The molecule has 0 fully saturated rings. The average molecular weight is 162 g/mol. The van der Waals surface area contributed by atoms with Crippen molar-refractivity contribution < 1.29 is 4.74 Å². The van der Waals surface area contributed by atoms with E-state index in [0.29, 0.717) is 0 Å². The van der Waals surface area contributed by atoms with E-state index in [1.165, 1.54) is 11.1 Å². The van der Waals surface area contributed by atoms with Crippen LogP contribution in [0, 0.1) is 13.8 Å². The molecule has 0 saturated carbocycles. The second-order valence-electron chi connectivity index (χ2n) is 2.93. The fourth-order valence-electron chi connectivity index (χ4n) is 1.03. The maximum atomic E-state index is 5.04. The van der Waals surface area contributed by atoms with E-state index in [4.69, 9.17) is 4.74 Å². The highest BCUT2D eigenvalue weighted by Crippen LogP contribution is 2.16. The molecule has 0 amide bonds. The fourth-order valence-corrected chi connectivity index (χ4v) is 1.03. The third-order valence-corrected chi connectivity index (χ3v) is 2.08. The first kappa shape index (κ1) is 8.85. The Labute approximate surface area is 73.7 Å². The first-order valence-corrected chi connectivity index (χ1v) is 3.95. The van der Waals surface area contributed by atoms with Gasteiger partial charge in [-0.3, -0.25) is 0 Å². The van der Waals surface area contributed by atoms with Gasteiger partial charge >= 0.3 is 0 Å². The van der Waals surface area contributed by atoms with Crippen molar-refractivity contribution in [3.05, 3.63) is 41.5 Å². The third kappa shape index (κ3) is 1.67. The first-order valence-electron chi connectivity index (χ1n) is 3.95. The van der Waals surface area contributed by atoms with Gasteiger partial charge in [0.15, 0.2) is 0 Å². The van der Waals surface area contributed by atoms with Gasteiger partial charge in [0.2, 0.25) is 0 Å². The second-order valence-corrected chi connectivity index (χ2v) is 2.93. The van der Waals surface area contributed by atoms with Gasteiger partial charge in [0.1, 0.15) is 5.76 Å². The number of hydrogen-bond acceptors (Lipinski definition) is 1. The van der Waals surface area contributed by atoms with E-state index in [2.05, 4.69) is 32.6 Å². The molecule has 0 bridgehead atoms. The summed E-state index contributed by atoms with van der Waals surface area (Å²) < 4.78 is 5.04. The summed E-state index contributed by atoms with van der Waals surface area (Å²) in [4.78, 5) is 0. The Morgan fingerprint density at radius 2 is 1.92 bits per heavy atom. The number of methoxy groups -OCH3 is 1. The molecule has 64 valence electrons. The Morgan fingerprint density at radius 3 is 2.42 bits per heavy atom. The molecule has 0 N–H and O–H groups in total. The van der Waals surface area contributed by atoms with Crippen LogP contribution in [-0.4, -0.2) is 7.11 Å². The molecular formula is C11H14O. The molecule has 0 saturated heterocycles. The minimum atomic E-state index is 0.720. The van der Waals surface area contributed by atoms with Crippen LogP contribution in [0.25, 0.3) is 5.76 Å². The molecule has 0 aromatic heterocycles. The summed E-state index contributed by atoms with van der Waals surface area (Å²) in [6.07, 6.45) is 0. The van der Waals surface area contributed by atoms with E-state index in [9.17, 15) is 0 Å². The van der Waals surface area contributed by atoms with Crippen LogP contribution in [0.2, 0.25) is 0 Å². The molecule has 0 aliphatic carbocycles. The minimum absolute atomic E-state index is 0.720. The summed E-state index contributed by atoms with van der Waals surface area (Å²) in [6, 6.07) is 6.18. The summed E-state index contributed by atoms with van der Waals surface area (Å²) in [5.41, 5.74) is 3.62. The van der Waals surface area contributed by atoms with Gasteiger partial charge in [-0.05, 0) is 31.0 Å². The monoisotopic (exact) mass is 162 g/mol. The largest absolute Gasteiger partial charge is 0.497 e. The fraction of sp³-hybridized carbons (Fsp3) is 0.273. The van der Waals surface area contributed by atoms with Crippen LogP contribution in [0.5, 0.6) is 0 Å². The Balaban J connectivity index is 3.05. The molecule has 1 rings (SSSR count). The van der Waals surface area contributed by atoms with E-state index in [1.54, 1.807) is 7.11 Å². The molecule has 1 nitrogen and oxygen atoms in total. The van der Waals surface area contributed by atoms with Crippen LogP contribution in [0.4, 0.5) is 0 Å². The van der Waals surface area contributed by atoms with Crippen LogP contribution in [0.1, 0.15) is 16.7 Å². The van der Waals surface area contributed by atoms with Crippen molar-refractivity contribution in [1.29, 1.82) is 0 Å². The van der Waals surface area contributed by atoms with Gasteiger partial charge < -0.3 is 4.74 Å². The van der Waals surface area contributed by atoms with Crippen LogP contribution < -0.4 is 0 Å². The zero-order valence-corrected chi connectivity index (χ0v) is 7.85. The van der Waals surface area contributed by atoms with E-state index in [0.717, 1.165) is 11.3 Å². The highest BCUT2D eigenvalue weighted by Gasteiger charge is 1.99. The van der Waals surface area contributed by atoms with Gasteiger partial charge in [0.05, 0.1) is 7.11 Å². The number of benzene rings is 1. The third-order valence-electron chi connectivity index (χ3n) is 2.08. The SMILES string of the molecule is C=C(OC)c1ccc(C)c(C)c1.